The van der Waals surface area contributed by atoms with Crippen molar-refractivity contribution < 1.29 is 19.1 Å². The van der Waals surface area contributed by atoms with Crippen LogP contribution < -0.4 is 9.47 Å². The first-order chi connectivity index (χ1) is 19.3. The van der Waals surface area contributed by atoms with Crippen molar-refractivity contribution in [3.05, 3.63) is 79.6 Å². The van der Waals surface area contributed by atoms with Gasteiger partial charge in [0, 0.05) is 52.9 Å². The Morgan fingerprint density at radius 3 is 2.10 bits per heavy atom. The summed E-state index contributed by atoms with van der Waals surface area (Å²) >= 11 is 9.90. The number of halogens is 2. The third-order valence-corrected chi connectivity index (χ3v) is 9.15. The van der Waals surface area contributed by atoms with Gasteiger partial charge in [0.05, 0.1) is 11.6 Å². The van der Waals surface area contributed by atoms with Crippen LogP contribution in [0.15, 0.2) is 63.4 Å². The van der Waals surface area contributed by atoms with Gasteiger partial charge in [-0.1, -0.05) is 58.4 Å². The molecule has 0 radical (unpaired) electrons. The predicted molar refractivity (Wildman–Crippen MR) is 166 cm³/mol. The number of hydrogen-bond acceptors (Lipinski definition) is 5. The summed E-state index contributed by atoms with van der Waals surface area (Å²) in [7, 11) is 1.61. The van der Waals surface area contributed by atoms with Gasteiger partial charge in [0.1, 0.15) is 6.61 Å². The van der Waals surface area contributed by atoms with Crippen molar-refractivity contribution in [2.24, 2.45) is 10.8 Å². The van der Waals surface area contributed by atoms with Crippen LogP contribution in [-0.2, 0) is 16.2 Å². The minimum Gasteiger partial charge on any atom is -0.493 e. The van der Waals surface area contributed by atoms with Gasteiger partial charge >= 0.3 is 0 Å². The minimum atomic E-state index is -0.438. The molecule has 7 heteroatoms. The molecular weight excluding hydrogens is 602 g/mol. The number of methoxy groups -OCH3 is 1. The van der Waals surface area contributed by atoms with E-state index < -0.39 is 5.92 Å². The number of nitrogens with zero attached hydrogens (tertiary/aromatic N) is 1. The van der Waals surface area contributed by atoms with Crippen molar-refractivity contribution in [1.29, 1.82) is 0 Å². The van der Waals surface area contributed by atoms with Crippen LogP contribution in [0.4, 0.5) is 0 Å². The van der Waals surface area contributed by atoms with Gasteiger partial charge in [0.25, 0.3) is 0 Å². The summed E-state index contributed by atoms with van der Waals surface area (Å²) in [6, 6.07) is 11.5. The maximum atomic E-state index is 14.0. The number of benzene rings is 2. The topological polar surface area (TPSA) is 55.8 Å². The number of ketones is 2. The fraction of sp³-hybridized carbons (Fsp3) is 0.471. The molecule has 2 aromatic carbocycles. The number of ether oxygens (including phenoxy) is 2. The number of rotatable bonds is 7. The molecule has 3 aliphatic rings. The largest absolute Gasteiger partial charge is 0.493 e. The van der Waals surface area contributed by atoms with E-state index in [9.17, 15) is 9.59 Å². The summed E-state index contributed by atoms with van der Waals surface area (Å²) in [5, 5.41) is 0.649. The smallest absolute Gasteiger partial charge is 0.175 e. The standard InChI is InChI=1S/C34H39BrClNO4/c1-7-11-37-24-15-33(2,3)17-26(38)30(24)29(31-25(37)16-34(4,5)18-27(31)39)21-13-23(35)32(28(14-21)40-6)41-19-20-9-8-10-22(36)12-20/h8-10,12-14,29H,7,11,15-19H2,1-6H3. The quantitative estimate of drug-likeness (QED) is 0.303. The molecule has 0 spiro atoms. The highest BCUT2D eigenvalue weighted by Gasteiger charge is 2.49. The molecule has 1 aliphatic heterocycles. The molecule has 41 heavy (non-hydrogen) atoms. The number of allylic oxidation sites excluding steroid dienone is 4. The highest BCUT2D eigenvalue weighted by atomic mass is 79.9. The first-order valence-corrected chi connectivity index (χ1v) is 15.6. The van der Waals surface area contributed by atoms with Crippen molar-refractivity contribution in [3.8, 4) is 11.5 Å². The Morgan fingerprint density at radius 1 is 0.951 bits per heavy atom. The molecule has 0 fully saturated rings. The molecule has 0 bridgehead atoms. The predicted octanol–water partition coefficient (Wildman–Crippen LogP) is 8.79. The van der Waals surface area contributed by atoms with Crippen LogP contribution in [0.2, 0.25) is 5.02 Å². The van der Waals surface area contributed by atoms with E-state index in [0.29, 0.717) is 40.4 Å². The highest BCUT2D eigenvalue weighted by Crippen LogP contribution is 2.55. The van der Waals surface area contributed by atoms with Crippen LogP contribution in [0.5, 0.6) is 11.5 Å². The Morgan fingerprint density at radius 2 is 1.56 bits per heavy atom. The van der Waals surface area contributed by atoms with Gasteiger partial charge in [-0.05, 0) is 81.4 Å². The van der Waals surface area contributed by atoms with E-state index in [2.05, 4.69) is 55.4 Å². The van der Waals surface area contributed by atoms with Crippen molar-refractivity contribution in [1.82, 2.24) is 4.90 Å². The summed E-state index contributed by atoms with van der Waals surface area (Å²) in [5.41, 5.74) is 5.22. The number of Topliss-reactive ketones (excluding diaryl/α,β-unsaturated/α-hetero) is 2. The first kappa shape index (κ1) is 29.9. The van der Waals surface area contributed by atoms with Gasteiger partial charge < -0.3 is 14.4 Å². The molecule has 0 aromatic heterocycles. The molecule has 0 atom stereocenters. The Bertz CT molecular complexity index is 1420. The van der Waals surface area contributed by atoms with E-state index in [1.165, 1.54) is 0 Å². The molecule has 2 aromatic rings. The monoisotopic (exact) mass is 639 g/mol. The third kappa shape index (κ3) is 5.87. The van der Waals surface area contributed by atoms with Gasteiger partial charge in [-0.25, -0.2) is 0 Å². The van der Waals surface area contributed by atoms with Gasteiger partial charge in [-0.2, -0.15) is 0 Å². The Hall–Kier alpha value is -2.57. The maximum Gasteiger partial charge on any atom is 0.175 e. The molecule has 0 amide bonds. The Balaban J connectivity index is 1.65. The lowest BCUT2D eigenvalue weighted by molar-refractivity contribution is -0.119. The van der Waals surface area contributed by atoms with Crippen molar-refractivity contribution in [3.63, 3.8) is 0 Å². The summed E-state index contributed by atoms with van der Waals surface area (Å²) in [6.07, 6.45) is 3.46. The molecule has 2 aliphatic carbocycles. The third-order valence-electron chi connectivity index (χ3n) is 8.33. The van der Waals surface area contributed by atoms with E-state index in [1.807, 2.05) is 36.4 Å². The molecule has 0 unspecified atom stereocenters. The zero-order valence-electron chi connectivity index (χ0n) is 24.8. The molecule has 0 N–H and O–H groups in total. The zero-order chi connectivity index (χ0) is 29.7. The van der Waals surface area contributed by atoms with E-state index in [4.69, 9.17) is 21.1 Å². The van der Waals surface area contributed by atoms with E-state index in [1.54, 1.807) is 7.11 Å². The fourth-order valence-corrected chi connectivity index (χ4v) is 7.49. The lowest BCUT2D eigenvalue weighted by atomic mass is 9.63. The molecule has 0 saturated heterocycles. The van der Waals surface area contributed by atoms with Gasteiger partial charge in [-0.15, -0.1) is 0 Å². The van der Waals surface area contributed by atoms with Crippen molar-refractivity contribution >= 4 is 39.1 Å². The number of carbonyl (C=O) groups excluding carboxylic acids is 2. The summed E-state index contributed by atoms with van der Waals surface area (Å²) < 4.78 is 12.7. The SMILES string of the molecule is CCCN1C2=C(C(=O)CC(C)(C)C2)C(c2cc(Br)c(OCc3cccc(Cl)c3)c(OC)c2)C2=C1CC(C)(C)CC2=O. The van der Waals surface area contributed by atoms with Gasteiger partial charge in [0.2, 0.25) is 0 Å². The van der Waals surface area contributed by atoms with Crippen LogP contribution in [0.1, 0.15) is 83.8 Å². The average Bonchev–Trinajstić information content (AvgIpc) is 2.87. The van der Waals surface area contributed by atoms with Crippen LogP contribution in [0.3, 0.4) is 0 Å². The average molecular weight is 641 g/mol. The normalized spacial score (nSPS) is 20.2. The van der Waals surface area contributed by atoms with Crippen molar-refractivity contribution in [2.45, 2.75) is 79.2 Å². The van der Waals surface area contributed by atoms with Crippen LogP contribution in [0.25, 0.3) is 0 Å². The van der Waals surface area contributed by atoms with E-state index in [0.717, 1.165) is 59.5 Å². The number of carbonyl (C=O) groups is 2. The zero-order valence-corrected chi connectivity index (χ0v) is 27.2. The van der Waals surface area contributed by atoms with Crippen LogP contribution >= 0.6 is 27.5 Å². The fourth-order valence-electron chi connectivity index (χ4n) is 6.70. The summed E-state index contributed by atoms with van der Waals surface area (Å²) in [5.74, 6) is 0.928. The van der Waals surface area contributed by atoms with E-state index >= 15 is 0 Å². The summed E-state index contributed by atoms with van der Waals surface area (Å²) in [6.45, 7) is 11.9. The second kappa shape index (κ2) is 11.3. The van der Waals surface area contributed by atoms with Gasteiger partial charge in [0.15, 0.2) is 23.1 Å². The van der Waals surface area contributed by atoms with Crippen LogP contribution in [0, 0.1) is 10.8 Å². The molecular formula is C34H39BrClNO4. The lowest BCUT2D eigenvalue weighted by Gasteiger charge is -2.49. The second-order valence-corrected chi connectivity index (χ2v) is 14.4. The molecule has 5 rings (SSSR count). The number of hydrogen-bond donors (Lipinski definition) is 0. The second-order valence-electron chi connectivity index (χ2n) is 13.1. The Kier molecular flexibility index (Phi) is 8.21. The molecule has 0 saturated carbocycles. The maximum absolute atomic E-state index is 14.0. The highest BCUT2D eigenvalue weighted by molar-refractivity contribution is 9.10. The Labute approximate surface area is 257 Å². The molecule has 5 nitrogen and oxygen atoms in total. The molecule has 1 heterocycles. The summed E-state index contributed by atoms with van der Waals surface area (Å²) in [4.78, 5) is 30.3. The molecule has 218 valence electrons. The van der Waals surface area contributed by atoms with E-state index in [-0.39, 0.29) is 22.4 Å². The van der Waals surface area contributed by atoms with Crippen molar-refractivity contribution in [2.75, 3.05) is 13.7 Å². The first-order valence-electron chi connectivity index (χ1n) is 14.4. The van der Waals surface area contributed by atoms with Gasteiger partial charge in [-0.3, -0.25) is 9.59 Å². The van der Waals surface area contributed by atoms with Crippen LogP contribution in [-0.4, -0.2) is 30.1 Å². The lowest BCUT2D eigenvalue weighted by Crippen LogP contribution is -2.44. The minimum absolute atomic E-state index is 0.128.